The van der Waals surface area contributed by atoms with Crippen LogP contribution in [0.2, 0.25) is 10.0 Å². The maximum Gasteiger partial charge on any atom is 0.332 e. The third-order valence-electron chi connectivity index (χ3n) is 8.49. The summed E-state index contributed by atoms with van der Waals surface area (Å²) in [5, 5.41) is 56.4. The van der Waals surface area contributed by atoms with Gasteiger partial charge in [0.1, 0.15) is 30.4 Å². The van der Waals surface area contributed by atoms with Crippen molar-refractivity contribution in [3.8, 4) is 34.8 Å². The minimum Gasteiger partial charge on any atom is -0.487 e. The molecule has 0 fully saturated rings. The molecule has 0 bridgehead atoms. The van der Waals surface area contributed by atoms with Crippen molar-refractivity contribution in [2.75, 3.05) is 13.2 Å². The molecule has 1 radical (unpaired) electrons. The predicted molar refractivity (Wildman–Crippen MR) is 225 cm³/mol. The number of nitrogens with zero attached hydrogens (tertiary/aromatic N) is 8. The fourth-order valence-corrected chi connectivity index (χ4v) is 5.73. The summed E-state index contributed by atoms with van der Waals surface area (Å²) < 4.78 is 45.8. The Morgan fingerprint density at radius 2 is 1.22 bits per heavy atom. The standard InChI is InChI=1S/C17H14ClFN4O2.C12H11BrClN3O2.C11H16BFNO2/c1-17(2,24)9-25-12-8-23-16(11(5-20)7-22-23)14(15(12)18)10-3-4-13(19)21-6-10;1-12(2,18)6-19-8-5-17-11(9(13)10(8)14)7(3-15)4-16-17;1-10(2,15)11(3,4)16-12-8-5-6-9(13)14-7-8/h3-4,6-8,24H,9H2,1-2H3;4-5,18H,6H2,1-2H3;5-7,15H,1-4H3. The van der Waals surface area contributed by atoms with Gasteiger partial charge in [0, 0.05) is 23.5 Å². The minimum atomic E-state index is -1.06. The first kappa shape index (κ1) is 47.8. The van der Waals surface area contributed by atoms with E-state index in [9.17, 15) is 29.4 Å². The molecule has 0 aromatic carbocycles. The lowest BCUT2D eigenvalue weighted by Gasteiger charge is -2.37. The van der Waals surface area contributed by atoms with Crippen LogP contribution in [-0.4, -0.2) is 87.6 Å². The van der Waals surface area contributed by atoms with Crippen LogP contribution < -0.4 is 14.9 Å². The average Bonchev–Trinajstić information content (AvgIpc) is 3.78. The predicted octanol–water partition coefficient (Wildman–Crippen LogP) is 7.01. The molecule has 6 aromatic heterocycles. The molecule has 60 heavy (non-hydrogen) atoms. The zero-order valence-corrected chi connectivity index (χ0v) is 36.9. The van der Waals surface area contributed by atoms with Gasteiger partial charge >= 0.3 is 7.48 Å². The van der Waals surface area contributed by atoms with Gasteiger partial charge in [-0.05, 0) is 95.0 Å². The number of nitriles is 2. The Hall–Kier alpha value is -4.92. The lowest BCUT2D eigenvalue weighted by atomic mass is 9.83. The summed E-state index contributed by atoms with van der Waals surface area (Å²) in [6.45, 7) is 13.5. The summed E-state index contributed by atoms with van der Waals surface area (Å²) in [5.74, 6) is -0.489. The van der Waals surface area contributed by atoms with Crippen molar-refractivity contribution in [1.82, 2.24) is 29.2 Å². The van der Waals surface area contributed by atoms with Crippen molar-refractivity contribution in [3.63, 3.8) is 0 Å². The fraction of sp³-hybridized carbons (Fsp3) is 0.350. The van der Waals surface area contributed by atoms with E-state index in [1.54, 1.807) is 67.7 Å². The van der Waals surface area contributed by atoms with Crippen molar-refractivity contribution in [2.24, 2.45) is 0 Å². The number of rotatable bonds is 11. The highest BCUT2D eigenvalue weighted by Gasteiger charge is 2.35. The van der Waals surface area contributed by atoms with E-state index < -0.39 is 34.3 Å². The van der Waals surface area contributed by atoms with Gasteiger partial charge in [-0.25, -0.2) is 19.0 Å². The molecule has 315 valence electrons. The number of halogens is 5. The van der Waals surface area contributed by atoms with Gasteiger partial charge < -0.3 is 29.4 Å². The van der Waals surface area contributed by atoms with Crippen molar-refractivity contribution < 1.29 is 38.2 Å². The molecule has 0 unspecified atom stereocenters. The molecule has 20 heteroatoms. The van der Waals surface area contributed by atoms with Gasteiger partial charge in [0.05, 0.1) is 78.8 Å². The Morgan fingerprint density at radius 1 is 0.733 bits per heavy atom. The number of aromatic nitrogens is 6. The van der Waals surface area contributed by atoms with E-state index in [-0.39, 0.29) is 24.0 Å². The van der Waals surface area contributed by atoms with Crippen LogP contribution in [0.4, 0.5) is 8.78 Å². The van der Waals surface area contributed by atoms with Crippen LogP contribution in [-0.2, 0) is 4.65 Å². The van der Waals surface area contributed by atoms with Crippen molar-refractivity contribution >= 4 is 63.1 Å². The molecule has 6 heterocycles. The van der Waals surface area contributed by atoms with E-state index in [1.807, 2.05) is 6.07 Å². The maximum atomic E-state index is 13.2. The van der Waals surface area contributed by atoms with Crippen molar-refractivity contribution in [2.45, 2.75) is 77.8 Å². The second kappa shape index (κ2) is 19.2. The third-order valence-corrected chi connectivity index (χ3v) is 10.2. The van der Waals surface area contributed by atoms with Crippen LogP contribution >= 0.6 is 39.1 Å². The largest absolute Gasteiger partial charge is 0.487 e. The highest BCUT2D eigenvalue weighted by Crippen LogP contribution is 2.40. The van der Waals surface area contributed by atoms with Crippen LogP contribution in [0.1, 0.15) is 66.5 Å². The second-order valence-corrected chi connectivity index (χ2v) is 17.1. The second-order valence-electron chi connectivity index (χ2n) is 15.5. The summed E-state index contributed by atoms with van der Waals surface area (Å²) in [5.41, 5.74) is -0.321. The molecular formula is C40H41BBrCl2F2N8O6. The molecule has 3 N–H and O–H groups in total. The molecule has 6 aromatic rings. The number of hydrogen-bond acceptors (Lipinski definition) is 12. The first-order valence-electron chi connectivity index (χ1n) is 17.9. The molecular weight excluding hydrogens is 888 g/mol. The van der Waals surface area contributed by atoms with E-state index in [4.69, 9.17) is 42.6 Å². The number of hydrogen-bond donors (Lipinski definition) is 3. The molecule has 6 rings (SSSR count). The Morgan fingerprint density at radius 3 is 1.67 bits per heavy atom. The molecule has 0 aliphatic rings. The van der Waals surface area contributed by atoms with Crippen LogP contribution in [0, 0.1) is 34.6 Å². The van der Waals surface area contributed by atoms with Crippen molar-refractivity contribution in [1.29, 1.82) is 10.5 Å². The first-order valence-corrected chi connectivity index (χ1v) is 19.4. The van der Waals surface area contributed by atoms with Crippen LogP contribution in [0.15, 0.2) is 65.9 Å². The quantitative estimate of drug-likeness (QED) is 0.0890. The van der Waals surface area contributed by atoms with Crippen LogP contribution in [0.25, 0.3) is 22.2 Å². The van der Waals surface area contributed by atoms with Gasteiger partial charge in [-0.1, -0.05) is 29.3 Å². The van der Waals surface area contributed by atoms with Crippen molar-refractivity contribution in [3.05, 3.63) is 99.0 Å². The molecule has 0 amide bonds. The number of ether oxygens (including phenoxy) is 2. The molecule has 0 spiro atoms. The SMILES string of the molecule is CC(C)(O)C(C)(C)O[B]c1ccc(F)nc1.CC(C)(O)COc1cn2ncc(C#N)c2c(-c2ccc(F)nc2)c1Cl.CC(C)(O)COc1cn2ncc(C#N)c2c(Br)c1Cl. The zero-order chi connectivity index (χ0) is 44.8. The third kappa shape index (κ3) is 12.3. The highest BCUT2D eigenvalue weighted by molar-refractivity contribution is 9.10. The van der Waals surface area contributed by atoms with E-state index in [0.29, 0.717) is 54.0 Å². The minimum absolute atomic E-state index is 0.00566. The topological polar surface area (TPSA) is 196 Å². The summed E-state index contributed by atoms with van der Waals surface area (Å²) in [7, 11) is 1.46. The van der Waals surface area contributed by atoms with Gasteiger partial charge in [0.2, 0.25) is 11.9 Å². The Bertz CT molecular complexity index is 2520. The molecule has 14 nitrogen and oxygen atoms in total. The van der Waals surface area contributed by atoms with Gasteiger partial charge in [0.25, 0.3) is 0 Å². The summed E-state index contributed by atoms with van der Waals surface area (Å²) in [6.07, 6.45) is 8.67. The van der Waals surface area contributed by atoms with Gasteiger partial charge in [0.15, 0.2) is 11.5 Å². The Kier molecular flexibility index (Phi) is 15.3. The summed E-state index contributed by atoms with van der Waals surface area (Å²) in [4.78, 5) is 7.14. The fourth-order valence-electron chi connectivity index (χ4n) is 4.64. The molecule has 0 saturated carbocycles. The lowest BCUT2D eigenvalue weighted by Crippen LogP contribution is -2.49. The van der Waals surface area contributed by atoms with E-state index >= 15 is 0 Å². The maximum absolute atomic E-state index is 13.2. The molecule has 0 atom stereocenters. The number of aliphatic hydroxyl groups is 3. The van der Waals surface area contributed by atoms with E-state index in [0.717, 1.165) is 0 Å². The smallest absolute Gasteiger partial charge is 0.332 e. The van der Waals surface area contributed by atoms with Gasteiger partial charge in [-0.15, -0.1) is 0 Å². The zero-order valence-electron chi connectivity index (χ0n) is 33.8. The monoisotopic (exact) mass is 927 g/mol. The molecule has 0 aliphatic carbocycles. The number of pyridine rings is 4. The summed E-state index contributed by atoms with van der Waals surface area (Å²) >= 11 is 16.0. The summed E-state index contributed by atoms with van der Waals surface area (Å²) in [6, 6.07) is 9.63. The first-order chi connectivity index (χ1) is 27.9. The van der Waals surface area contributed by atoms with E-state index in [1.165, 1.54) is 65.7 Å². The van der Waals surface area contributed by atoms with E-state index in [2.05, 4.69) is 42.2 Å². The van der Waals surface area contributed by atoms with Crippen LogP contribution in [0.5, 0.6) is 11.5 Å². The van der Waals surface area contributed by atoms with Gasteiger partial charge in [-0.2, -0.15) is 29.5 Å². The molecule has 0 aliphatic heterocycles. The molecule has 0 saturated heterocycles. The Labute approximate surface area is 364 Å². The Balaban J connectivity index is 0.000000204. The lowest BCUT2D eigenvalue weighted by molar-refractivity contribution is -0.0893. The highest BCUT2D eigenvalue weighted by atomic mass is 79.9. The van der Waals surface area contributed by atoms with Crippen LogP contribution in [0.3, 0.4) is 0 Å². The normalized spacial score (nSPS) is 11.8. The van der Waals surface area contributed by atoms with Gasteiger partial charge in [-0.3, -0.25) is 0 Å². The average molecular weight is 929 g/mol. The number of fused-ring (bicyclic) bond motifs is 2.